The molecule has 0 atom stereocenters. The molecule has 0 aliphatic carbocycles. The van der Waals surface area contributed by atoms with Gasteiger partial charge in [-0.2, -0.15) is 5.10 Å². The predicted octanol–water partition coefficient (Wildman–Crippen LogP) is 3.53. The molecule has 4 rings (SSSR count). The third-order valence-corrected chi connectivity index (χ3v) is 7.39. The van der Waals surface area contributed by atoms with E-state index in [1.165, 1.54) is 24.2 Å². The molecule has 11 heteroatoms. The van der Waals surface area contributed by atoms with Gasteiger partial charge in [0.2, 0.25) is 11.8 Å². The molecule has 0 fully saturated rings. The van der Waals surface area contributed by atoms with Gasteiger partial charge in [0.25, 0.3) is 10.0 Å². The maximum absolute atomic E-state index is 15.6. The number of methoxy groups -OCH3 is 1. The van der Waals surface area contributed by atoms with E-state index < -0.39 is 27.3 Å². The topological polar surface area (TPSA) is 112 Å². The first kappa shape index (κ1) is 25.8. The van der Waals surface area contributed by atoms with Gasteiger partial charge in [0, 0.05) is 31.1 Å². The van der Waals surface area contributed by atoms with E-state index in [1.807, 2.05) is 27.7 Å². The molecule has 0 radical (unpaired) electrons. The van der Waals surface area contributed by atoms with E-state index in [0.29, 0.717) is 33.7 Å². The highest BCUT2D eigenvalue weighted by Gasteiger charge is 2.29. The molecule has 4 bridgehead atoms. The molecule has 192 valence electrons. The van der Waals surface area contributed by atoms with Crippen molar-refractivity contribution in [2.24, 2.45) is 0 Å². The van der Waals surface area contributed by atoms with Crippen LogP contribution in [0.15, 0.2) is 41.7 Å². The second-order valence-electron chi connectivity index (χ2n) is 9.69. The van der Waals surface area contributed by atoms with E-state index in [4.69, 9.17) is 9.47 Å². The first-order valence-electron chi connectivity index (χ1n) is 11.5. The van der Waals surface area contributed by atoms with Crippen LogP contribution in [0.1, 0.15) is 50.3 Å². The molecule has 3 aromatic rings. The summed E-state index contributed by atoms with van der Waals surface area (Å²) in [5.74, 6) is -1.23. The molecule has 1 amide bonds. The number of fused-ring (bicyclic) bond motifs is 6. The smallest absolute Gasteiger partial charge is 0.267 e. The average Bonchev–Trinajstić information content (AvgIpc) is 3.31. The fourth-order valence-corrected chi connectivity index (χ4v) is 5.15. The van der Waals surface area contributed by atoms with Crippen LogP contribution in [0.25, 0.3) is 11.1 Å². The summed E-state index contributed by atoms with van der Waals surface area (Å²) < 4.78 is 56.3. The van der Waals surface area contributed by atoms with Crippen molar-refractivity contribution in [1.29, 1.82) is 0 Å². The molecule has 36 heavy (non-hydrogen) atoms. The van der Waals surface area contributed by atoms with Crippen molar-refractivity contribution < 1.29 is 27.1 Å². The molecule has 1 N–H and O–H groups in total. The van der Waals surface area contributed by atoms with Crippen molar-refractivity contribution >= 4 is 15.9 Å². The Morgan fingerprint density at radius 3 is 2.75 bits per heavy atom. The Bertz CT molecular complexity index is 1420. The molecule has 0 saturated heterocycles. The Balaban J connectivity index is 1.95. The first-order chi connectivity index (χ1) is 16.9. The molecule has 1 aromatic carbocycles. The van der Waals surface area contributed by atoms with Crippen molar-refractivity contribution in [2.75, 3.05) is 13.7 Å². The fourth-order valence-electron chi connectivity index (χ4n) is 4.24. The highest BCUT2D eigenvalue weighted by atomic mass is 32.2. The van der Waals surface area contributed by atoms with Crippen molar-refractivity contribution in [3.05, 3.63) is 59.3 Å². The number of pyridine rings is 1. The second kappa shape index (κ2) is 9.62. The van der Waals surface area contributed by atoms with Gasteiger partial charge in [-0.25, -0.2) is 22.5 Å². The fraction of sp³-hybridized carbons (Fsp3) is 0.400. The number of aromatic nitrogens is 3. The van der Waals surface area contributed by atoms with Crippen LogP contribution in [0.5, 0.6) is 5.88 Å². The van der Waals surface area contributed by atoms with Gasteiger partial charge in [-0.1, -0.05) is 13.8 Å². The van der Waals surface area contributed by atoms with E-state index in [1.54, 1.807) is 24.4 Å². The predicted molar refractivity (Wildman–Crippen MR) is 131 cm³/mol. The number of carbonyl (C=O) groups is 1. The summed E-state index contributed by atoms with van der Waals surface area (Å²) in [7, 11) is -2.73. The minimum Gasteiger partial charge on any atom is -0.475 e. The van der Waals surface area contributed by atoms with Crippen molar-refractivity contribution in [2.45, 2.75) is 57.1 Å². The molecule has 0 saturated carbocycles. The lowest BCUT2D eigenvalue weighted by Gasteiger charge is -2.25. The Labute approximate surface area is 209 Å². The molecule has 0 unspecified atom stereocenters. The quantitative estimate of drug-likeness (QED) is 0.567. The highest BCUT2D eigenvalue weighted by molar-refractivity contribution is 7.90. The Kier molecular flexibility index (Phi) is 6.89. The van der Waals surface area contributed by atoms with Gasteiger partial charge in [-0.05, 0) is 54.2 Å². The summed E-state index contributed by atoms with van der Waals surface area (Å²) in [5, 5.41) is 4.17. The zero-order valence-corrected chi connectivity index (χ0v) is 21.6. The lowest BCUT2D eigenvalue weighted by Crippen LogP contribution is -2.34. The molecule has 1 aliphatic rings. The van der Waals surface area contributed by atoms with Crippen LogP contribution in [-0.2, 0) is 38.1 Å². The van der Waals surface area contributed by atoms with E-state index in [-0.39, 0.29) is 30.4 Å². The number of hydrogen-bond acceptors (Lipinski definition) is 7. The number of amides is 1. The van der Waals surface area contributed by atoms with E-state index in [9.17, 15) is 13.2 Å². The Morgan fingerprint density at radius 1 is 1.31 bits per heavy atom. The molecule has 1 aliphatic heterocycles. The van der Waals surface area contributed by atoms with Gasteiger partial charge in [0.1, 0.15) is 17.3 Å². The Hall–Kier alpha value is -3.31. The summed E-state index contributed by atoms with van der Waals surface area (Å²) in [6, 6.07) is 5.09. The van der Waals surface area contributed by atoms with Crippen molar-refractivity contribution in [3.63, 3.8) is 0 Å². The molecule has 2 aromatic heterocycles. The summed E-state index contributed by atoms with van der Waals surface area (Å²) >= 11 is 0. The zero-order valence-electron chi connectivity index (χ0n) is 20.8. The SMILES string of the molecule is COCc1cc2c(c(C(C)C)c1F)CC(=O)NS(=O)(=O)c1cnn(c1)C(C)(C)COc1cc-2ccn1. The number of rotatable bonds is 3. The van der Waals surface area contributed by atoms with Crippen LogP contribution in [0.2, 0.25) is 0 Å². The summed E-state index contributed by atoms with van der Waals surface area (Å²) in [6.07, 6.45) is 3.73. The average molecular weight is 517 g/mol. The monoisotopic (exact) mass is 516 g/mol. The van der Waals surface area contributed by atoms with E-state index in [2.05, 4.69) is 14.8 Å². The first-order valence-corrected chi connectivity index (χ1v) is 12.9. The number of nitrogens with one attached hydrogen (secondary N) is 1. The van der Waals surface area contributed by atoms with E-state index in [0.717, 1.165) is 0 Å². The summed E-state index contributed by atoms with van der Waals surface area (Å²) in [6.45, 7) is 7.47. The minimum absolute atomic E-state index is 0.0331. The summed E-state index contributed by atoms with van der Waals surface area (Å²) in [4.78, 5) is 17.2. The molecule has 9 nitrogen and oxygen atoms in total. The van der Waals surface area contributed by atoms with Gasteiger partial charge in [-0.15, -0.1) is 0 Å². The zero-order chi connectivity index (χ0) is 26.3. The van der Waals surface area contributed by atoms with Gasteiger partial charge in [0.05, 0.1) is 24.8 Å². The second-order valence-corrected chi connectivity index (χ2v) is 11.4. The number of carbonyl (C=O) groups excluding carboxylic acids is 1. The van der Waals surface area contributed by atoms with Crippen LogP contribution in [0.3, 0.4) is 0 Å². The largest absolute Gasteiger partial charge is 0.475 e. The number of nitrogens with zero attached hydrogens (tertiary/aromatic N) is 3. The van der Waals surface area contributed by atoms with Crippen LogP contribution >= 0.6 is 0 Å². The molecular weight excluding hydrogens is 487 g/mol. The normalized spacial score (nSPS) is 16.9. The summed E-state index contributed by atoms with van der Waals surface area (Å²) in [5.41, 5.74) is 1.54. The van der Waals surface area contributed by atoms with Crippen LogP contribution in [-0.4, -0.2) is 42.8 Å². The maximum atomic E-state index is 15.6. The highest BCUT2D eigenvalue weighted by Crippen LogP contribution is 2.36. The maximum Gasteiger partial charge on any atom is 0.267 e. The molecule has 0 spiro atoms. The number of ether oxygens (including phenoxy) is 2. The minimum atomic E-state index is -4.21. The van der Waals surface area contributed by atoms with Gasteiger partial charge >= 0.3 is 0 Å². The van der Waals surface area contributed by atoms with Gasteiger partial charge in [0.15, 0.2) is 0 Å². The standard InChI is InChI=1S/C25H29FN4O5S/c1-15(2)23-20-10-21(31)29-36(32,33)18-11-28-30(12-18)25(3,4)14-35-22-9-16(6-7-27-22)19(20)8-17(13-34-5)24(23)26/h6-9,11-12,15H,10,13-14H2,1-5H3,(H,29,31). The van der Waals surface area contributed by atoms with Gasteiger partial charge in [-0.3, -0.25) is 9.48 Å². The lowest BCUT2D eigenvalue weighted by atomic mass is 9.86. The molecular formula is C25H29FN4O5S. The third kappa shape index (κ3) is 4.98. The number of halogens is 1. The number of benzene rings is 1. The van der Waals surface area contributed by atoms with Gasteiger partial charge < -0.3 is 9.47 Å². The Morgan fingerprint density at radius 2 is 2.06 bits per heavy atom. The van der Waals surface area contributed by atoms with Crippen LogP contribution < -0.4 is 9.46 Å². The number of sulfonamides is 1. The van der Waals surface area contributed by atoms with Crippen molar-refractivity contribution in [1.82, 2.24) is 19.5 Å². The van der Waals surface area contributed by atoms with Crippen molar-refractivity contribution in [3.8, 4) is 17.0 Å². The lowest BCUT2D eigenvalue weighted by molar-refractivity contribution is -0.118. The number of hydrogen-bond donors (Lipinski definition) is 1. The van der Waals surface area contributed by atoms with Crippen LogP contribution in [0.4, 0.5) is 4.39 Å². The molecule has 3 heterocycles. The van der Waals surface area contributed by atoms with Crippen LogP contribution in [0, 0.1) is 5.82 Å². The third-order valence-electron chi connectivity index (χ3n) is 6.06. The van der Waals surface area contributed by atoms with E-state index >= 15 is 4.39 Å².